The molecule has 0 radical (unpaired) electrons. The van der Waals surface area contributed by atoms with Gasteiger partial charge in [-0.05, 0) is 37.5 Å². The predicted molar refractivity (Wildman–Crippen MR) is 85.8 cm³/mol. The van der Waals surface area contributed by atoms with Gasteiger partial charge in [0.1, 0.15) is 0 Å². The SMILES string of the molecule is CCCNC(=O)Nc1ccc(C)c(NC(=O)NCCC)c1. The number of benzene rings is 1. The molecule has 1 aromatic rings. The number of carbonyl (C=O) groups is 2. The van der Waals surface area contributed by atoms with Gasteiger partial charge in [0.2, 0.25) is 0 Å². The predicted octanol–water partition coefficient (Wildman–Crippen LogP) is 3.06. The van der Waals surface area contributed by atoms with Crippen molar-refractivity contribution in [3.8, 4) is 0 Å². The van der Waals surface area contributed by atoms with Gasteiger partial charge in [0.25, 0.3) is 0 Å². The molecule has 0 aliphatic carbocycles. The van der Waals surface area contributed by atoms with E-state index in [0.717, 1.165) is 18.4 Å². The van der Waals surface area contributed by atoms with Gasteiger partial charge in [0.05, 0.1) is 0 Å². The normalized spacial score (nSPS) is 9.86. The molecule has 116 valence electrons. The number of aryl methyl sites for hydroxylation is 1. The summed E-state index contributed by atoms with van der Waals surface area (Å²) in [6.07, 6.45) is 1.76. The Balaban J connectivity index is 2.66. The second-order valence-electron chi connectivity index (χ2n) is 4.79. The molecule has 4 N–H and O–H groups in total. The number of anilines is 2. The average molecular weight is 292 g/mol. The summed E-state index contributed by atoms with van der Waals surface area (Å²) >= 11 is 0. The molecule has 0 spiro atoms. The lowest BCUT2D eigenvalue weighted by molar-refractivity contribution is 0.251. The Kier molecular flexibility index (Phi) is 7.08. The quantitative estimate of drug-likeness (QED) is 0.650. The van der Waals surface area contributed by atoms with Gasteiger partial charge in [-0.3, -0.25) is 0 Å². The molecule has 1 aromatic carbocycles. The van der Waals surface area contributed by atoms with E-state index in [1.165, 1.54) is 0 Å². The van der Waals surface area contributed by atoms with Crippen LogP contribution in [0.2, 0.25) is 0 Å². The lowest BCUT2D eigenvalue weighted by atomic mass is 10.2. The van der Waals surface area contributed by atoms with Crippen LogP contribution in [0.5, 0.6) is 0 Å². The molecule has 0 fully saturated rings. The highest BCUT2D eigenvalue weighted by molar-refractivity contribution is 5.93. The molecular weight excluding hydrogens is 268 g/mol. The van der Waals surface area contributed by atoms with Crippen molar-refractivity contribution in [1.82, 2.24) is 10.6 Å². The molecular formula is C15H24N4O2. The largest absolute Gasteiger partial charge is 0.338 e. The van der Waals surface area contributed by atoms with Gasteiger partial charge in [0, 0.05) is 24.5 Å². The molecule has 0 aliphatic rings. The Bertz CT molecular complexity index is 489. The van der Waals surface area contributed by atoms with Gasteiger partial charge >= 0.3 is 12.1 Å². The molecule has 0 aromatic heterocycles. The van der Waals surface area contributed by atoms with Crippen LogP contribution in [0.25, 0.3) is 0 Å². The zero-order valence-corrected chi connectivity index (χ0v) is 12.9. The maximum absolute atomic E-state index is 11.7. The van der Waals surface area contributed by atoms with E-state index in [9.17, 15) is 9.59 Å². The third kappa shape index (κ3) is 6.16. The first-order chi connectivity index (χ1) is 10.1. The molecule has 21 heavy (non-hydrogen) atoms. The zero-order valence-electron chi connectivity index (χ0n) is 12.9. The summed E-state index contributed by atoms with van der Waals surface area (Å²) < 4.78 is 0. The first-order valence-corrected chi connectivity index (χ1v) is 7.27. The van der Waals surface area contributed by atoms with Crippen LogP contribution in [-0.2, 0) is 0 Å². The van der Waals surface area contributed by atoms with E-state index in [2.05, 4.69) is 21.3 Å². The molecule has 1 rings (SSSR count). The molecule has 6 heteroatoms. The molecule has 0 atom stereocenters. The first-order valence-electron chi connectivity index (χ1n) is 7.27. The number of amides is 4. The number of urea groups is 2. The van der Waals surface area contributed by atoms with Crippen LogP contribution in [0, 0.1) is 6.92 Å². The lowest BCUT2D eigenvalue weighted by Crippen LogP contribution is -2.30. The number of hydrogen-bond donors (Lipinski definition) is 4. The van der Waals surface area contributed by atoms with E-state index in [-0.39, 0.29) is 12.1 Å². The standard InChI is InChI=1S/C15H24N4O2/c1-4-8-16-14(20)18-12-7-6-11(3)13(10-12)19-15(21)17-9-5-2/h6-7,10H,4-5,8-9H2,1-3H3,(H2,16,18,20)(H2,17,19,21). The molecule has 6 nitrogen and oxygen atoms in total. The topological polar surface area (TPSA) is 82.3 Å². The minimum absolute atomic E-state index is 0.243. The second-order valence-corrected chi connectivity index (χ2v) is 4.79. The van der Waals surface area contributed by atoms with Crippen LogP contribution in [0.15, 0.2) is 18.2 Å². The van der Waals surface area contributed by atoms with E-state index in [4.69, 9.17) is 0 Å². The van der Waals surface area contributed by atoms with Crippen molar-refractivity contribution in [2.24, 2.45) is 0 Å². The monoisotopic (exact) mass is 292 g/mol. The van der Waals surface area contributed by atoms with Gasteiger partial charge in [0.15, 0.2) is 0 Å². The van der Waals surface area contributed by atoms with Gasteiger partial charge in [-0.2, -0.15) is 0 Å². The van der Waals surface area contributed by atoms with Crippen molar-refractivity contribution in [1.29, 1.82) is 0 Å². The molecule has 0 saturated carbocycles. The minimum Gasteiger partial charge on any atom is -0.338 e. The van der Waals surface area contributed by atoms with E-state index in [1.54, 1.807) is 12.1 Å². The van der Waals surface area contributed by atoms with Crippen LogP contribution < -0.4 is 21.3 Å². The fraction of sp³-hybridized carbons (Fsp3) is 0.467. The summed E-state index contributed by atoms with van der Waals surface area (Å²) in [6, 6.07) is 4.90. The van der Waals surface area contributed by atoms with Crippen molar-refractivity contribution in [2.45, 2.75) is 33.6 Å². The van der Waals surface area contributed by atoms with Crippen molar-refractivity contribution < 1.29 is 9.59 Å². The van der Waals surface area contributed by atoms with Crippen molar-refractivity contribution in [3.05, 3.63) is 23.8 Å². The summed E-state index contributed by atoms with van der Waals surface area (Å²) in [4.78, 5) is 23.3. The Morgan fingerprint density at radius 2 is 1.52 bits per heavy atom. The number of nitrogens with one attached hydrogen (secondary N) is 4. The van der Waals surface area contributed by atoms with Crippen LogP contribution in [0.1, 0.15) is 32.3 Å². The smallest absolute Gasteiger partial charge is 0.319 e. The highest BCUT2D eigenvalue weighted by atomic mass is 16.2. The maximum Gasteiger partial charge on any atom is 0.319 e. The van der Waals surface area contributed by atoms with Crippen LogP contribution >= 0.6 is 0 Å². The van der Waals surface area contributed by atoms with Crippen LogP contribution in [-0.4, -0.2) is 25.2 Å². The summed E-state index contributed by atoms with van der Waals surface area (Å²) in [5, 5.41) is 11.0. The Morgan fingerprint density at radius 3 is 2.10 bits per heavy atom. The third-order valence-electron chi connectivity index (χ3n) is 2.81. The van der Waals surface area contributed by atoms with Gasteiger partial charge in [-0.1, -0.05) is 19.9 Å². The Labute approximate surface area is 125 Å². The summed E-state index contributed by atoms with van der Waals surface area (Å²) in [6.45, 7) is 7.13. The van der Waals surface area contributed by atoms with Crippen molar-refractivity contribution >= 4 is 23.4 Å². The molecule has 0 unspecified atom stereocenters. The average Bonchev–Trinajstić information content (AvgIpc) is 2.46. The first kappa shape index (κ1) is 16.8. The molecule has 0 aliphatic heterocycles. The van der Waals surface area contributed by atoms with E-state index in [0.29, 0.717) is 24.5 Å². The fourth-order valence-electron chi connectivity index (χ4n) is 1.65. The second kappa shape index (κ2) is 8.84. The van der Waals surface area contributed by atoms with Crippen LogP contribution in [0.4, 0.5) is 21.0 Å². The molecule has 0 bridgehead atoms. The minimum atomic E-state index is -0.248. The summed E-state index contributed by atoms with van der Waals surface area (Å²) in [5.74, 6) is 0. The van der Waals surface area contributed by atoms with E-state index in [1.807, 2.05) is 26.8 Å². The van der Waals surface area contributed by atoms with E-state index >= 15 is 0 Å². The van der Waals surface area contributed by atoms with Gasteiger partial charge in [-0.25, -0.2) is 9.59 Å². The van der Waals surface area contributed by atoms with Crippen molar-refractivity contribution in [2.75, 3.05) is 23.7 Å². The molecule has 0 saturated heterocycles. The highest BCUT2D eigenvalue weighted by Gasteiger charge is 2.06. The highest BCUT2D eigenvalue weighted by Crippen LogP contribution is 2.20. The van der Waals surface area contributed by atoms with Gasteiger partial charge in [-0.15, -0.1) is 0 Å². The molecule has 4 amide bonds. The molecule has 0 heterocycles. The Morgan fingerprint density at radius 1 is 0.952 bits per heavy atom. The fourth-order valence-corrected chi connectivity index (χ4v) is 1.65. The summed E-state index contributed by atoms with van der Waals surface area (Å²) in [7, 11) is 0. The third-order valence-corrected chi connectivity index (χ3v) is 2.81. The number of rotatable bonds is 6. The Hall–Kier alpha value is -2.24. The number of carbonyl (C=O) groups excluding carboxylic acids is 2. The van der Waals surface area contributed by atoms with Gasteiger partial charge < -0.3 is 21.3 Å². The van der Waals surface area contributed by atoms with Crippen molar-refractivity contribution in [3.63, 3.8) is 0 Å². The van der Waals surface area contributed by atoms with Crippen LogP contribution in [0.3, 0.4) is 0 Å². The lowest BCUT2D eigenvalue weighted by Gasteiger charge is -2.12. The zero-order chi connectivity index (χ0) is 15.7. The maximum atomic E-state index is 11.7. The summed E-state index contributed by atoms with van der Waals surface area (Å²) in [5.41, 5.74) is 2.25. The number of hydrogen-bond acceptors (Lipinski definition) is 2. The van der Waals surface area contributed by atoms with E-state index < -0.39 is 0 Å².